The second-order valence-electron chi connectivity index (χ2n) is 4.51. The van der Waals surface area contributed by atoms with Crippen LogP contribution in [0.3, 0.4) is 0 Å². The summed E-state index contributed by atoms with van der Waals surface area (Å²) in [5.74, 6) is -0.426. The van der Waals surface area contributed by atoms with Gasteiger partial charge in [-0.2, -0.15) is 0 Å². The molecule has 4 heteroatoms. The molecule has 2 heterocycles. The Bertz CT molecular complexity index is 760. The molecule has 0 bridgehead atoms. The van der Waals surface area contributed by atoms with E-state index in [4.69, 9.17) is 5.73 Å². The summed E-state index contributed by atoms with van der Waals surface area (Å²) in [7, 11) is 0. The number of aryl methyl sites for hydroxylation is 1. The molecule has 3 N–H and O–H groups in total. The van der Waals surface area contributed by atoms with Crippen LogP contribution in [0.25, 0.3) is 22.2 Å². The number of carbonyl (C=O) groups excluding carboxylic acids is 1. The van der Waals surface area contributed by atoms with Gasteiger partial charge in [0.05, 0.1) is 11.1 Å². The van der Waals surface area contributed by atoms with Crippen molar-refractivity contribution in [3.8, 4) is 11.3 Å². The van der Waals surface area contributed by atoms with Gasteiger partial charge < -0.3 is 10.7 Å². The number of benzene rings is 1. The molecule has 0 spiro atoms. The molecule has 0 aliphatic heterocycles. The first-order valence-corrected chi connectivity index (χ1v) is 5.99. The van der Waals surface area contributed by atoms with Crippen molar-refractivity contribution in [2.75, 3.05) is 0 Å². The van der Waals surface area contributed by atoms with Crippen LogP contribution in [0.15, 0.2) is 42.7 Å². The summed E-state index contributed by atoms with van der Waals surface area (Å²) in [5.41, 5.74) is 9.71. The number of aromatic amines is 1. The molecule has 0 radical (unpaired) electrons. The molecule has 0 aliphatic carbocycles. The molecule has 0 unspecified atom stereocenters. The number of amides is 1. The number of hydrogen-bond acceptors (Lipinski definition) is 2. The Labute approximate surface area is 110 Å². The number of nitrogens with two attached hydrogens (primary N) is 1. The van der Waals surface area contributed by atoms with Gasteiger partial charge in [0.2, 0.25) is 0 Å². The van der Waals surface area contributed by atoms with Gasteiger partial charge in [-0.05, 0) is 36.8 Å². The van der Waals surface area contributed by atoms with E-state index in [0.717, 1.165) is 27.7 Å². The fraction of sp³-hybridized carbons (Fsp3) is 0.0667. The fourth-order valence-electron chi connectivity index (χ4n) is 2.24. The van der Waals surface area contributed by atoms with Crippen molar-refractivity contribution >= 4 is 16.8 Å². The highest BCUT2D eigenvalue weighted by atomic mass is 16.1. The predicted octanol–water partition coefficient (Wildman–Crippen LogP) is 2.64. The Morgan fingerprint density at radius 2 is 2.16 bits per heavy atom. The summed E-state index contributed by atoms with van der Waals surface area (Å²) in [4.78, 5) is 18.8. The number of rotatable bonds is 2. The maximum absolute atomic E-state index is 11.5. The van der Waals surface area contributed by atoms with Crippen LogP contribution in [0, 0.1) is 6.92 Å². The van der Waals surface area contributed by atoms with Gasteiger partial charge in [0.25, 0.3) is 5.91 Å². The lowest BCUT2D eigenvalue weighted by Gasteiger charge is -2.00. The molecular formula is C15H13N3O. The van der Waals surface area contributed by atoms with Crippen LogP contribution in [0.5, 0.6) is 0 Å². The first-order chi connectivity index (χ1) is 9.16. The molecular weight excluding hydrogens is 238 g/mol. The molecule has 3 rings (SSSR count). The van der Waals surface area contributed by atoms with E-state index in [0.29, 0.717) is 5.56 Å². The SMILES string of the molecule is Cc1ccc(C(N)=O)c2[nH]c(-c3cccnc3)cc12. The van der Waals surface area contributed by atoms with Crippen molar-refractivity contribution in [1.29, 1.82) is 0 Å². The first kappa shape index (κ1) is 11.5. The van der Waals surface area contributed by atoms with Crippen LogP contribution >= 0.6 is 0 Å². The van der Waals surface area contributed by atoms with Crippen LogP contribution in [0.2, 0.25) is 0 Å². The Morgan fingerprint density at radius 3 is 2.84 bits per heavy atom. The van der Waals surface area contributed by atoms with E-state index in [1.54, 1.807) is 18.5 Å². The fourth-order valence-corrected chi connectivity index (χ4v) is 2.24. The van der Waals surface area contributed by atoms with Crippen molar-refractivity contribution < 1.29 is 4.79 Å². The smallest absolute Gasteiger partial charge is 0.250 e. The van der Waals surface area contributed by atoms with Crippen LogP contribution in [-0.2, 0) is 0 Å². The maximum Gasteiger partial charge on any atom is 0.250 e. The lowest BCUT2D eigenvalue weighted by atomic mass is 10.1. The average Bonchev–Trinajstić information content (AvgIpc) is 2.85. The molecule has 4 nitrogen and oxygen atoms in total. The summed E-state index contributed by atoms with van der Waals surface area (Å²) in [6, 6.07) is 9.53. The summed E-state index contributed by atoms with van der Waals surface area (Å²) in [6.45, 7) is 2.01. The second-order valence-corrected chi connectivity index (χ2v) is 4.51. The second kappa shape index (κ2) is 4.24. The van der Waals surface area contributed by atoms with Gasteiger partial charge in [0, 0.05) is 29.0 Å². The van der Waals surface area contributed by atoms with Crippen LogP contribution in [-0.4, -0.2) is 15.9 Å². The highest BCUT2D eigenvalue weighted by Gasteiger charge is 2.12. The van der Waals surface area contributed by atoms with E-state index in [2.05, 4.69) is 9.97 Å². The average molecular weight is 251 g/mol. The van der Waals surface area contributed by atoms with Crippen LogP contribution in [0.1, 0.15) is 15.9 Å². The Hall–Kier alpha value is -2.62. The van der Waals surface area contributed by atoms with Gasteiger partial charge in [0.1, 0.15) is 0 Å². The zero-order valence-corrected chi connectivity index (χ0v) is 10.5. The minimum absolute atomic E-state index is 0.426. The van der Waals surface area contributed by atoms with E-state index in [-0.39, 0.29) is 0 Å². The van der Waals surface area contributed by atoms with Gasteiger partial charge >= 0.3 is 0 Å². The molecule has 0 saturated heterocycles. The zero-order valence-electron chi connectivity index (χ0n) is 10.5. The monoisotopic (exact) mass is 251 g/mol. The molecule has 19 heavy (non-hydrogen) atoms. The Morgan fingerprint density at radius 1 is 1.32 bits per heavy atom. The summed E-state index contributed by atoms with van der Waals surface area (Å²) >= 11 is 0. The van der Waals surface area contributed by atoms with Gasteiger partial charge in [0.15, 0.2) is 0 Å². The number of fused-ring (bicyclic) bond motifs is 1. The first-order valence-electron chi connectivity index (χ1n) is 5.99. The van der Waals surface area contributed by atoms with Gasteiger partial charge in [-0.25, -0.2) is 0 Å². The molecule has 1 amide bonds. The molecule has 2 aromatic heterocycles. The number of nitrogens with zero attached hydrogens (tertiary/aromatic N) is 1. The minimum Gasteiger partial charge on any atom is -0.366 e. The number of aromatic nitrogens is 2. The van der Waals surface area contributed by atoms with Crippen molar-refractivity contribution in [2.24, 2.45) is 5.73 Å². The summed E-state index contributed by atoms with van der Waals surface area (Å²) in [6.07, 6.45) is 3.51. The van der Waals surface area contributed by atoms with E-state index in [9.17, 15) is 4.79 Å². The zero-order chi connectivity index (χ0) is 13.4. The third-order valence-corrected chi connectivity index (χ3v) is 3.25. The number of pyridine rings is 1. The number of H-pyrrole nitrogens is 1. The standard InChI is InChI=1S/C15H13N3O/c1-9-4-5-11(15(16)19)14-12(9)7-13(18-14)10-3-2-6-17-8-10/h2-8,18H,1H3,(H2,16,19). The van der Waals surface area contributed by atoms with Crippen molar-refractivity contribution in [2.45, 2.75) is 6.92 Å². The molecule has 1 aromatic carbocycles. The molecule has 0 fully saturated rings. The predicted molar refractivity (Wildman–Crippen MR) is 74.8 cm³/mol. The van der Waals surface area contributed by atoms with E-state index in [1.807, 2.05) is 31.2 Å². The largest absolute Gasteiger partial charge is 0.366 e. The van der Waals surface area contributed by atoms with Gasteiger partial charge in [-0.15, -0.1) is 0 Å². The number of carbonyl (C=O) groups is 1. The van der Waals surface area contributed by atoms with E-state index >= 15 is 0 Å². The summed E-state index contributed by atoms with van der Waals surface area (Å²) in [5, 5.41) is 1.01. The highest BCUT2D eigenvalue weighted by molar-refractivity contribution is 6.06. The number of hydrogen-bond donors (Lipinski definition) is 2. The van der Waals surface area contributed by atoms with Crippen molar-refractivity contribution in [3.05, 3.63) is 53.9 Å². The van der Waals surface area contributed by atoms with Crippen LogP contribution in [0.4, 0.5) is 0 Å². The molecule has 3 aromatic rings. The maximum atomic E-state index is 11.5. The third-order valence-electron chi connectivity index (χ3n) is 3.25. The number of primary amides is 1. The molecule has 0 atom stereocenters. The van der Waals surface area contributed by atoms with Crippen LogP contribution < -0.4 is 5.73 Å². The van der Waals surface area contributed by atoms with E-state index < -0.39 is 5.91 Å². The normalized spacial score (nSPS) is 10.8. The van der Waals surface area contributed by atoms with Crippen molar-refractivity contribution in [3.63, 3.8) is 0 Å². The lowest BCUT2D eigenvalue weighted by molar-refractivity contribution is 0.100. The lowest BCUT2D eigenvalue weighted by Crippen LogP contribution is -2.11. The quantitative estimate of drug-likeness (QED) is 0.735. The Balaban J connectivity index is 2.29. The third kappa shape index (κ3) is 1.87. The highest BCUT2D eigenvalue weighted by Crippen LogP contribution is 2.28. The molecule has 0 saturated carbocycles. The molecule has 94 valence electrons. The van der Waals surface area contributed by atoms with Gasteiger partial charge in [-0.3, -0.25) is 9.78 Å². The minimum atomic E-state index is -0.426. The van der Waals surface area contributed by atoms with Crippen molar-refractivity contribution in [1.82, 2.24) is 9.97 Å². The van der Waals surface area contributed by atoms with Gasteiger partial charge in [-0.1, -0.05) is 6.07 Å². The van der Waals surface area contributed by atoms with E-state index in [1.165, 1.54) is 0 Å². The topological polar surface area (TPSA) is 71.8 Å². The summed E-state index contributed by atoms with van der Waals surface area (Å²) < 4.78 is 0. The molecule has 0 aliphatic rings. The number of nitrogens with one attached hydrogen (secondary N) is 1. The Kier molecular flexibility index (Phi) is 2.56.